The predicted molar refractivity (Wildman–Crippen MR) is 87.8 cm³/mol. The Morgan fingerprint density at radius 2 is 1.77 bits per heavy atom. The highest BCUT2D eigenvalue weighted by molar-refractivity contribution is 5.69. The van der Waals surface area contributed by atoms with Crippen LogP contribution in [-0.4, -0.2) is 17.6 Å². The van der Waals surface area contributed by atoms with Crippen molar-refractivity contribution in [1.82, 2.24) is 5.32 Å². The van der Waals surface area contributed by atoms with Crippen LogP contribution in [0.4, 0.5) is 18.0 Å². The highest BCUT2D eigenvalue weighted by Gasteiger charge is 2.55. The van der Waals surface area contributed by atoms with E-state index in [4.69, 9.17) is 5.11 Å². The molecule has 2 aliphatic rings. The van der Waals surface area contributed by atoms with E-state index in [9.17, 15) is 18.0 Å². The van der Waals surface area contributed by atoms with Crippen molar-refractivity contribution in [2.45, 2.75) is 31.7 Å². The Hall–Kier alpha value is -2.70. The lowest BCUT2D eigenvalue weighted by molar-refractivity contribution is -0.274. The standard InChI is InChI=1S/C19H16F3NO3/c20-19(21,22)26-14-4-1-11(2-5-14)12-3-6-15-13(9-12)10-18(7-8-18)16(15)23-17(24)25/h1-6,9,16,23H,7-8,10H2,(H,24,25). The second kappa shape index (κ2) is 5.65. The summed E-state index contributed by atoms with van der Waals surface area (Å²) in [5.41, 5.74) is 3.74. The normalized spacial score (nSPS) is 19.9. The molecule has 0 aliphatic heterocycles. The average molecular weight is 363 g/mol. The number of rotatable bonds is 3. The van der Waals surface area contributed by atoms with Gasteiger partial charge in [-0.1, -0.05) is 30.3 Å². The Bertz CT molecular complexity index is 857. The van der Waals surface area contributed by atoms with Crippen LogP contribution in [0.25, 0.3) is 11.1 Å². The minimum Gasteiger partial charge on any atom is -0.465 e. The molecule has 4 rings (SSSR count). The number of ether oxygens (including phenoxy) is 1. The molecule has 0 saturated heterocycles. The summed E-state index contributed by atoms with van der Waals surface area (Å²) in [4.78, 5) is 11.1. The summed E-state index contributed by atoms with van der Waals surface area (Å²) in [5.74, 6) is -0.259. The lowest BCUT2D eigenvalue weighted by atomic mass is 9.97. The molecule has 0 heterocycles. The van der Waals surface area contributed by atoms with E-state index in [2.05, 4.69) is 10.1 Å². The molecule has 1 unspecified atom stereocenters. The average Bonchev–Trinajstić information content (AvgIpc) is 3.26. The van der Waals surface area contributed by atoms with Gasteiger partial charge in [-0.3, -0.25) is 0 Å². The first kappa shape index (κ1) is 16.8. The number of carboxylic acid groups (broad SMARTS) is 1. The molecule has 1 spiro atoms. The predicted octanol–water partition coefficient (Wildman–Crippen LogP) is 4.90. The summed E-state index contributed by atoms with van der Waals surface area (Å²) in [6.45, 7) is 0. The van der Waals surface area contributed by atoms with E-state index in [1.807, 2.05) is 18.2 Å². The highest BCUT2D eigenvalue weighted by Crippen LogP contribution is 2.62. The largest absolute Gasteiger partial charge is 0.573 e. The molecule has 2 aromatic rings. The van der Waals surface area contributed by atoms with Gasteiger partial charge in [-0.2, -0.15) is 0 Å². The number of carbonyl (C=O) groups is 1. The topological polar surface area (TPSA) is 58.6 Å². The molecule has 2 aromatic carbocycles. The minimum absolute atomic E-state index is 0.0102. The van der Waals surface area contributed by atoms with E-state index in [0.717, 1.165) is 41.5 Å². The number of nitrogens with one attached hydrogen (secondary N) is 1. The van der Waals surface area contributed by atoms with Crippen molar-refractivity contribution in [2.24, 2.45) is 5.41 Å². The quantitative estimate of drug-likeness (QED) is 0.816. The third-order valence-corrected chi connectivity index (χ3v) is 5.19. The van der Waals surface area contributed by atoms with E-state index in [1.54, 1.807) is 12.1 Å². The molecule has 1 amide bonds. The Labute approximate surface area is 147 Å². The highest BCUT2D eigenvalue weighted by atomic mass is 19.4. The van der Waals surface area contributed by atoms with E-state index >= 15 is 0 Å². The minimum atomic E-state index is -4.71. The van der Waals surface area contributed by atoms with Crippen LogP contribution >= 0.6 is 0 Å². The fourth-order valence-electron chi connectivity index (χ4n) is 3.86. The molecule has 7 heteroatoms. The van der Waals surface area contributed by atoms with Gasteiger partial charge in [0.1, 0.15) is 5.75 Å². The van der Waals surface area contributed by atoms with Gasteiger partial charge >= 0.3 is 12.5 Å². The zero-order chi connectivity index (χ0) is 18.5. The number of benzene rings is 2. The van der Waals surface area contributed by atoms with Crippen LogP contribution in [0.2, 0.25) is 0 Å². The van der Waals surface area contributed by atoms with E-state index in [1.165, 1.54) is 12.1 Å². The fourth-order valence-corrected chi connectivity index (χ4v) is 3.86. The van der Waals surface area contributed by atoms with Gasteiger partial charge in [0, 0.05) is 0 Å². The molecule has 2 aliphatic carbocycles. The van der Waals surface area contributed by atoms with Crippen LogP contribution in [0.5, 0.6) is 5.75 Å². The number of hydrogen-bond donors (Lipinski definition) is 2. The van der Waals surface area contributed by atoms with Crippen LogP contribution < -0.4 is 10.1 Å². The molecule has 2 N–H and O–H groups in total. The van der Waals surface area contributed by atoms with Gasteiger partial charge < -0.3 is 15.2 Å². The zero-order valence-electron chi connectivity index (χ0n) is 13.6. The Kier molecular flexibility index (Phi) is 3.64. The maximum absolute atomic E-state index is 12.3. The van der Waals surface area contributed by atoms with Gasteiger partial charge in [0.15, 0.2) is 0 Å². The van der Waals surface area contributed by atoms with Crippen molar-refractivity contribution >= 4 is 6.09 Å². The summed E-state index contributed by atoms with van der Waals surface area (Å²) in [5, 5.41) is 11.7. The fraction of sp³-hybridized carbons (Fsp3) is 0.316. The van der Waals surface area contributed by atoms with Gasteiger partial charge in [-0.25, -0.2) is 4.79 Å². The van der Waals surface area contributed by atoms with Crippen molar-refractivity contribution < 1.29 is 27.8 Å². The van der Waals surface area contributed by atoms with Crippen molar-refractivity contribution in [3.05, 3.63) is 53.6 Å². The number of hydrogen-bond acceptors (Lipinski definition) is 2. The van der Waals surface area contributed by atoms with Crippen LogP contribution in [0.1, 0.15) is 30.0 Å². The van der Waals surface area contributed by atoms with Crippen LogP contribution in [0.15, 0.2) is 42.5 Å². The Balaban J connectivity index is 1.60. The van der Waals surface area contributed by atoms with Crippen molar-refractivity contribution in [3.63, 3.8) is 0 Å². The van der Waals surface area contributed by atoms with Crippen molar-refractivity contribution in [3.8, 4) is 16.9 Å². The smallest absolute Gasteiger partial charge is 0.465 e. The molecular formula is C19H16F3NO3. The van der Waals surface area contributed by atoms with E-state index in [-0.39, 0.29) is 17.2 Å². The van der Waals surface area contributed by atoms with Crippen molar-refractivity contribution in [2.75, 3.05) is 0 Å². The summed E-state index contributed by atoms with van der Waals surface area (Å²) in [6, 6.07) is 11.3. The zero-order valence-corrected chi connectivity index (χ0v) is 13.6. The molecule has 1 fully saturated rings. The molecule has 136 valence electrons. The van der Waals surface area contributed by atoms with E-state index < -0.39 is 12.5 Å². The first-order chi connectivity index (χ1) is 12.3. The van der Waals surface area contributed by atoms with Gasteiger partial charge in [0.05, 0.1) is 6.04 Å². The number of amides is 1. The second-order valence-electron chi connectivity index (χ2n) is 6.91. The maximum Gasteiger partial charge on any atom is 0.573 e. The van der Waals surface area contributed by atoms with Gasteiger partial charge in [-0.15, -0.1) is 13.2 Å². The number of alkyl halides is 3. The number of fused-ring (bicyclic) bond motifs is 1. The number of halogens is 3. The van der Waals surface area contributed by atoms with Gasteiger partial charge in [0.2, 0.25) is 0 Å². The first-order valence-corrected chi connectivity index (χ1v) is 8.24. The Morgan fingerprint density at radius 1 is 1.12 bits per heavy atom. The summed E-state index contributed by atoms with van der Waals surface area (Å²) in [6.07, 6.45) is -2.94. The molecule has 0 aromatic heterocycles. The lowest BCUT2D eigenvalue weighted by Crippen LogP contribution is -2.30. The summed E-state index contributed by atoms with van der Waals surface area (Å²) in [7, 11) is 0. The third kappa shape index (κ3) is 3.09. The maximum atomic E-state index is 12.3. The molecule has 1 saturated carbocycles. The molecule has 4 nitrogen and oxygen atoms in total. The van der Waals surface area contributed by atoms with Crippen LogP contribution in [0.3, 0.4) is 0 Å². The first-order valence-electron chi connectivity index (χ1n) is 8.24. The second-order valence-corrected chi connectivity index (χ2v) is 6.91. The van der Waals surface area contributed by atoms with Crippen LogP contribution in [-0.2, 0) is 6.42 Å². The third-order valence-electron chi connectivity index (χ3n) is 5.19. The van der Waals surface area contributed by atoms with Crippen molar-refractivity contribution in [1.29, 1.82) is 0 Å². The van der Waals surface area contributed by atoms with Gasteiger partial charge in [0.25, 0.3) is 0 Å². The molecule has 1 atom stereocenters. The molecule has 0 radical (unpaired) electrons. The monoisotopic (exact) mass is 363 g/mol. The summed E-state index contributed by atoms with van der Waals surface area (Å²) < 4.78 is 40.6. The summed E-state index contributed by atoms with van der Waals surface area (Å²) >= 11 is 0. The SMILES string of the molecule is O=C(O)NC1c2ccc(-c3ccc(OC(F)(F)F)cc3)cc2CC12CC2. The van der Waals surface area contributed by atoms with Crippen LogP contribution in [0, 0.1) is 5.41 Å². The molecular weight excluding hydrogens is 347 g/mol. The molecule has 0 bridgehead atoms. The Morgan fingerprint density at radius 3 is 2.35 bits per heavy atom. The van der Waals surface area contributed by atoms with Gasteiger partial charge in [-0.05, 0) is 59.1 Å². The molecule has 26 heavy (non-hydrogen) atoms. The lowest BCUT2D eigenvalue weighted by Gasteiger charge is -2.19. The van der Waals surface area contributed by atoms with E-state index in [0.29, 0.717) is 0 Å².